The highest BCUT2D eigenvalue weighted by Gasteiger charge is 2.26. The third kappa shape index (κ3) is 3.52. The smallest absolute Gasteiger partial charge is 0.308 e. The van der Waals surface area contributed by atoms with E-state index < -0.39 is 0 Å². The molecule has 3 atom stereocenters. The molecule has 1 rings (SSSR count). The van der Waals surface area contributed by atoms with Crippen LogP contribution >= 0.6 is 11.8 Å². The molecule has 0 bridgehead atoms. The molecule has 0 radical (unpaired) electrons. The Morgan fingerprint density at radius 1 is 1.57 bits per heavy atom. The number of hydrogen-bond acceptors (Lipinski definition) is 3. The first kappa shape index (κ1) is 11.9. The van der Waals surface area contributed by atoms with Crippen LogP contribution in [0.5, 0.6) is 0 Å². The molecule has 1 fully saturated rings. The summed E-state index contributed by atoms with van der Waals surface area (Å²) in [6, 6.07) is 0. The molecular formula is C11H20O2S. The molecule has 0 spiro atoms. The Kier molecular flexibility index (Phi) is 4.79. The number of hydrogen-bond donors (Lipinski definition) is 0. The van der Waals surface area contributed by atoms with Crippen LogP contribution < -0.4 is 0 Å². The van der Waals surface area contributed by atoms with Crippen LogP contribution in [0.2, 0.25) is 0 Å². The monoisotopic (exact) mass is 216 g/mol. The summed E-state index contributed by atoms with van der Waals surface area (Å²) in [6.45, 7) is 6.59. The number of ether oxygens (including phenoxy) is 1. The lowest BCUT2D eigenvalue weighted by Crippen LogP contribution is -2.18. The molecule has 0 aromatic carbocycles. The summed E-state index contributed by atoms with van der Waals surface area (Å²) in [6.07, 6.45) is 3.54. The van der Waals surface area contributed by atoms with Crippen LogP contribution in [0.4, 0.5) is 0 Å². The van der Waals surface area contributed by atoms with Crippen LogP contribution in [0.25, 0.3) is 0 Å². The van der Waals surface area contributed by atoms with Crippen LogP contribution in [-0.4, -0.2) is 23.1 Å². The predicted octanol–water partition coefficient (Wildman–Crippen LogP) is 2.86. The van der Waals surface area contributed by atoms with Gasteiger partial charge >= 0.3 is 5.97 Å². The molecule has 1 aliphatic rings. The van der Waals surface area contributed by atoms with Gasteiger partial charge in [-0.2, -0.15) is 11.8 Å². The molecule has 2 nitrogen and oxygen atoms in total. The van der Waals surface area contributed by atoms with Crippen molar-refractivity contribution in [3.8, 4) is 0 Å². The van der Waals surface area contributed by atoms with Gasteiger partial charge in [-0.25, -0.2) is 0 Å². The van der Waals surface area contributed by atoms with E-state index in [1.807, 2.05) is 25.6 Å². The van der Waals surface area contributed by atoms with Crippen molar-refractivity contribution in [2.24, 2.45) is 5.92 Å². The van der Waals surface area contributed by atoms with Crippen molar-refractivity contribution in [3.05, 3.63) is 0 Å². The highest BCUT2D eigenvalue weighted by Crippen LogP contribution is 2.36. The Labute approximate surface area is 90.8 Å². The van der Waals surface area contributed by atoms with Gasteiger partial charge in [-0.15, -0.1) is 0 Å². The van der Waals surface area contributed by atoms with Crippen LogP contribution in [-0.2, 0) is 9.53 Å². The quantitative estimate of drug-likeness (QED) is 0.676. The standard InChI is InChI=1S/C11H20O2S/c1-4-13-11(12)8(2)7-10-6-5-9(3)14-10/h8-10H,4-7H2,1-3H3. The van der Waals surface area contributed by atoms with Crippen LogP contribution in [0.1, 0.15) is 40.0 Å². The van der Waals surface area contributed by atoms with Gasteiger partial charge in [0.25, 0.3) is 0 Å². The molecule has 3 heteroatoms. The van der Waals surface area contributed by atoms with Crippen molar-refractivity contribution < 1.29 is 9.53 Å². The minimum atomic E-state index is -0.0346. The van der Waals surface area contributed by atoms with Gasteiger partial charge in [0.15, 0.2) is 0 Å². The fourth-order valence-corrected chi connectivity index (χ4v) is 3.43. The zero-order chi connectivity index (χ0) is 10.6. The maximum absolute atomic E-state index is 11.4. The summed E-state index contributed by atoms with van der Waals surface area (Å²) in [5.74, 6) is 0.0328. The summed E-state index contributed by atoms with van der Waals surface area (Å²) in [4.78, 5) is 11.4. The average Bonchev–Trinajstić information content (AvgIpc) is 2.51. The molecule has 0 aromatic rings. The molecular weight excluding hydrogens is 196 g/mol. The lowest BCUT2D eigenvalue weighted by molar-refractivity contribution is -0.147. The summed E-state index contributed by atoms with van der Waals surface area (Å²) < 4.78 is 4.99. The van der Waals surface area contributed by atoms with Crippen molar-refractivity contribution in [3.63, 3.8) is 0 Å². The molecule has 0 aromatic heterocycles. The Morgan fingerprint density at radius 2 is 2.29 bits per heavy atom. The molecule has 14 heavy (non-hydrogen) atoms. The Bertz CT molecular complexity index is 194. The minimum absolute atomic E-state index is 0.0346. The van der Waals surface area contributed by atoms with E-state index in [0.29, 0.717) is 11.9 Å². The average molecular weight is 216 g/mol. The molecule has 0 aliphatic carbocycles. The lowest BCUT2D eigenvalue weighted by atomic mass is 10.0. The second-order valence-electron chi connectivity index (χ2n) is 4.03. The van der Waals surface area contributed by atoms with E-state index in [4.69, 9.17) is 4.74 Å². The SMILES string of the molecule is CCOC(=O)C(C)CC1CCC(C)S1. The highest BCUT2D eigenvalue weighted by molar-refractivity contribution is 8.00. The fraction of sp³-hybridized carbons (Fsp3) is 0.909. The van der Waals surface area contributed by atoms with E-state index in [2.05, 4.69) is 6.92 Å². The van der Waals surface area contributed by atoms with E-state index in [0.717, 1.165) is 11.7 Å². The number of rotatable bonds is 4. The molecule has 1 aliphatic heterocycles. The van der Waals surface area contributed by atoms with Crippen LogP contribution in [0.15, 0.2) is 0 Å². The summed E-state index contributed by atoms with van der Waals surface area (Å²) >= 11 is 2.02. The van der Waals surface area contributed by atoms with E-state index in [9.17, 15) is 4.79 Å². The summed E-state index contributed by atoms with van der Waals surface area (Å²) in [7, 11) is 0. The number of esters is 1. The van der Waals surface area contributed by atoms with Gasteiger partial charge in [-0.3, -0.25) is 4.79 Å². The van der Waals surface area contributed by atoms with Gasteiger partial charge in [-0.05, 0) is 26.2 Å². The van der Waals surface area contributed by atoms with Gasteiger partial charge in [0, 0.05) is 10.5 Å². The number of thioether (sulfide) groups is 1. The van der Waals surface area contributed by atoms with Crippen molar-refractivity contribution in [2.75, 3.05) is 6.61 Å². The fourth-order valence-electron chi connectivity index (χ4n) is 1.83. The predicted molar refractivity (Wildman–Crippen MR) is 60.5 cm³/mol. The van der Waals surface area contributed by atoms with Crippen molar-refractivity contribution in [1.82, 2.24) is 0 Å². The maximum atomic E-state index is 11.4. The summed E-state index contributed by atoms with van der Waals surface area (Å²) in [5.41, 5.74) is 0. The van der Waals surface area contributed by atoms with Crippen LogP contribution in [0, 0.1) is 5.92 Å². The lowest BCUT2D eigenvalue weighted by Gasteiger charge is -2.14. The van der Waals surface area contributed by atoms with Gasteiger partial charge in [0.1, 0.15) is 0 Å². The topological polar surface area (TPSA) is 26.3 Å². The van der Waals surface area contributed by atoms with Gasteiger partial charge in [-0.1, -0.05) is 13.8 Å². The highest BCUT2D eigenvalue weighted by atomic mass is 32.2. The van der Waals surface area contributed by atoms with E-state index in [1.54, 1.807) is 0 Å². The van der Waals surface area contributed by atoms with Gasteiger partial charge in [0.2, 0.25) is 0 Å². The van der Waals surface area contributed by atoms with Crippen molar-refractivity contribution in [2.45, 2.75) is 50.5 Å². The van der Waals surface area contributed by atoms with Gasteiger partial charge in [0.05, 0.1) is 12.5 Å². The van der Waals surface area contributed by atoms with Crippen molar-refractivity contribution in [1.29, 1.82) is 0 Å². The number of carbonyl (C=O) groups is 1. The molecule has 1 saturated heterocycles. The first-order valence-corrected chi connectivity index (χ1v) is 6.39. The van der Waals surface area contributed by atoms with E-state index in [-0.39, 0.29) is 11.9 Å². The Morgan fingerprint density at radius 3 is 2.79 bits per heavy atom. The molecule has 0 saturated carbocycles. The molecule has 3 unspecified atom stereocenters. The van der Waals surface area contributed by atoms with Crippen molar-refractivity contribution >= 4 is 17.7 Å². The Hall–Kier alpha value is -0.180. The maximum Gasteiger partial charge on any atom is 0.308 e. The zero-order valence-electron chi connectivity index (χ0n) is 9.29. The second-order valence-corrected chi connectivity index (χ2v) is 5.78. The normalized spacial score (nSPS) is 28.8. The molecule has 0 N–H and O–H groups in total. The summed E-state index contributed by atoms with van der Waals surface area (Å²) in [5, 5.41) is 1.44. The third-order valence-electron chi connectivity index (χ3n) is 2.63. The first-order valence-electron chi connectivity index (χ1n) is 5.45. The molecule has 1 heterocycles. The minimum Gasteiger partial charge on any atom is -0.466 e. The second kappa shape index (κ2) is 5.64. The largest absolute Gasteiger partial charge is 0.466 e. The Balaban J connectivity index is 2.26. The molecule has 0 amide bonds. The third-order valence-corrected chi connectivity index (χ3v) is 4.14. The van der Waals surface area contributed by atoms with E-state index >= 15 is 0 Å². The zero-order valence-corrected chi connectivity index (χ0v) is 10.1. The first-order chi connectivity index (χ1) is 6.63. The van der Waals surface area contributed by atoms with Gasteiger partial charge < -0.3 is 4.74 Å². The number of carbonyl (C=O) groups excluding carboxylic acids is 1. The molecule has 82 valence electrons. The van der Waals surface area contributed by atoms with Crippen LogP contribution in [0.3, 0.4) is 0 Å². The van der Waals surface area contributed by atoms with E-state index in [1.165, 1.54) is 12.8 Å².